The van der Waals surface area contributed by atoms with Crippen LogP contribution in [0, 0.1) is 17.0 Å². The summed E-state index contributed by atoms with van der Waals surface area (Å²) < 4.78 is 0. The Morgan fingerprint density at radius 3 is 2.57 bits per heavy atom. The third-order valence-electron chi connectivity index (χ3n) is 3.05. The molecule has 0 spiro atoms. The number of hydrogen-bond donors (Lipinski definition) is 0. The molecule has 0 saturated carbocycles. The van der Waals surface area contributed by atoms with Crippen LogP contribution in [0.2, 0.25) is 0 Å². The molecule has 0 fully saturated rings. The second-order valence-electron chi connectivity index (χ2n) is 4.78. The van der Waals surface area contributed by atoms with Crippen molar-refractivity contribution in [1.29, 1.82) is 0 Å². The van der Waals surface area contributed by atoms with Gasteiger partial charge >= 0.3 is 0 Å². The molecule has 0 amide bonds. The number of anilines is 1. The summed E-state index contributed by atoms with van der Waals surface area (Å²) in [5, 5.41) is 10.3. The molecule has 1 aromatic heterocycles. The smallest absolute Gasteiger partial charge is 0.294 e. The topological polar surface area (TPSA) is 68.5 Å². The van der Waals surface area contributed by atoms with Gasteiger partial charge in [-0.15, -0.1) is 21.5 Å². The van der Waals surface area contributed by atoms with Crippen LogP contribution >= 0.6 is 11.3 Å². The lowest BCUT2D eigenvalue weighted by atomic mass is 10.2. The van der Waals surface area contributed by atoms with E-state index in [0.29, 0.717) is 6.42 Å². The Hall–Kier alpha value is -2.15. The van der Waals surface area contributed by atoms with Gasteiger partial charge in [-0.1, -0.05) is 0 Å². The quantitative estimate of drug-likeness (QED) is 0.606. The molecule has 7 heteroatoms. The van der Waals surface area contributed by atoms with Crippen molar-refractivity contribution in [2.75, 3.05) is 25.6 Å². The molecular formula is C14H17N3O3S. The van der Waals surface area contributed by atoms with Crippen LogP contribution in [0.15, 0.2) is 24.3 Å². The van der Waals surface area contributed by atoms with Crippen molar-refractivity contribution in [2.45, 2.75) is 13.3 Å². The number of benzene rings is 1. The summed E-state index contributed by atoms with van der Waals surface area (Å²) in [6.45, 7) is 1.98. The van der Waals surface area contributed by atoms with Gasteiger partial charge in [0.15, 0.2) is 0 Å². The number of nitrogens with zero attached hydrogens (tertiary/aromatic N) is 3. The zero-order valence-electron chi connectivity index (χ0n) is 12.2. The van der Waals surface area contributed by atoms with Gasteiger partial charge in [-0.05, 0) is 31.2 Å². The van der Waals surface area contributed by atoms with Gasteiger partial charge in [0.25, 0.3) is 5.09 Å². The van der Waals surface area contributed by atoms with Crippen LogP contribution in [0.25, 0.3) is 10.6 Å². The largest absolute Gasteiger partial charge is 0.378 e. The zero-order chi connectivity index (χ0) is 15.4. The first-order valence-electron chi connectivity index (χ1n) is 6.48. The summed E-state index contributed by atoms with van der Waals surface area (Å²) >= 11 is 1.55. The van der Waals surface area contributed by atoms with Crippen molar-refractivity contribution in [3.05, 3.63) is 45.0 Å². The Morgan fingerprint density at radius 1 is 1.33 bits per heavy atom. The van der Waals surface area contributed by atoms with Crippen molar-refractivity contribution in [3.63, 3.8) is 0 Å². The van der Waals surface area contributed by atoms with Crippen LogP contribution in [-0.2, 0) is 11.3 Å². The number of rotatable bonds is 6. The molecule has 21 heavy (non-hydrogen) atoms. The minimum Gasteiger partial charge on any atom is -0.378 e. The molecule has 2 rings (SSSR count). The molecule has 0 bridgehead atoms. The average Bonchev–Trinajstić information content (AvgIpc) is 2.80. The molecule has 0 N–H and O–H groups in total. The van der Waals surface area contributed by atoms with E-state index in [1.807, 2.05) is 50.2 Å². The Labute approximate surface area is 127 Å². The van der Waals surface area contributed by atoms with Gasteiger partial charge in [-0.25, -0.2) is 4.98 Å². The monoisotopic (exact) mass is 307 g/mol. The van der Waals surface area contributed by atoms with Gasteiger partial charge in [0.1, 0.15) is 11.6 Å². The molecule has 0 radical (unpaired) electrons. The summed E-state index contributed by atoms with van der Waals surface area (Å²) in [6, 6.07) is 8.15. The molecule has 0 atom stereocenters. The van der Waals surface area contributed by atoms with E-state index in [1.54, 1.807) is 11.3 Å². The highest BCUT2D eigenvalue weighted by Crippen LogP contribution is 2.29. The van der Waals surface area contributed by atoms with Crippen LogP contribution in [0.1, 0.15) is 10.6 Å². The van der Waals surface area contributed by atoms with Crippen molar-refractivity contribution >= 4 is 17.0 Å². The lowest BCUT2D eigenvalue weighted by Gasteiger charge is -2.11. The molecule has 0 unspecified atom stereocenters. The Kier molecular flexibility index (Phi) is 4.74. The van der Waals surface area contributed by atoms with Gasteiger partial charge in [0.05, 0.1) is 5.69 Å². The zero-order valence-corrected chi connectivity index (χ0v) is 13.0. The fourth-order valence-electron chi connectivity index (χ4n) is 1.90. The number of aromatic nitrogens is 1. The molecule has 6 nitrogen and oxygen atoms in total. The van der Waals surface area contributed by atoms with Crippen molar-refractivity contribution in [2.24, 2.45) is 0 Å². The molecule has 0 saturated heterocycles. The Morgan fingerprint density at radius 2 is 2.00 bits per heavy atom. The summed E-state index contributed by atoms with van der Waals surface area (Å²) in [6.07, 6.45) is 0.500. The third-order valence-corrected chi connectivity index (χ3v) is 4.32. The summed E-state index contributed by atoms with van der Waals surface area (Å²) in [4.78, 5) is 22.1. The van der Waals surface area contributed by atoms with Gasteiger partial charge in [-0.2, -0.15) is 0 Å². The Balaban J connectivity index is 2.12. The lowest BCUT2D eigenvalue weighted by molar-refractivity contribution is -0.757. The van der Waals surface area contributed by atoms with Crippen LogP contribution in [0.3, 0.4) is 0 Å². The first-order valence-corrected chi connectivity index (χ1v) is 7.30. The van der Waals surface area contributed by atoms with Crippen molar-refractivity contribution in [1.82, 2.24) is 4.98 Å². The highest BCUT2D eigenvalue weighted by molar-refractivity contribution is 7.15. The number of aryl methyl sites for hydroxylation is 1. The molecular weight excluding hydrogens is 290 g/mol. The maximum Gasteiger partial charge on any atom is 0.294 e. The number of hydrogen-bond acceptors (Lipinski definition) is 6. The average molecular weight is 307 g/mol. The fraction of sp³-hybridized carbons (Fsp3) is 0.357. The van der Waals surface area contributed by atoms with E-state index in [9.17, 15) is 10.1 Å². The second kappa shape index (κ2) is 6.53. The highest BCUT2D eigenvalue weighted by Gasteiger charge is 2.10. The SMILES string of the molecule is Cc1nc(-c2ccc(N(C)C)cc2)sc1CCO[N+](=O)[O-]. The van der Waals surface area contributed by atoms with Crippen LogP contribution in [0.4, 0.5) is 5.69 Å². The predicted octanol–water partition coefficient (Wildman–Crippen LogP) is 2.94. The first-order chi connectivity index (χ1) is 9.97. The molecule has 112 valence electrons. The third kappa shape index (κ3) is 3.91. The standard InChI is InChI=1S/C14H17N3O3S/c1-10-13(8-9-20-17(18)19)21-14(15-10)11-4-6-12(7-5-11)16(2)3/h4-7H,8-9H2,1-3H3. The van der Waals surface area contributed by atoms with Crippen LogP contribution in [-0.4, -0.2) is 30.8 Å². The predicted molar refractivity (Wildman–Crippen MR) is 83.3 cm³/mol. The Bertz CT molecular complexity index is 623. The van der Waals surface area contributed by atoms with E-state index >= 15 is 0 Å². The van der Waals surface area contributed by atoms with Crippen molar-refractivity contribution < 1.29 is 9.92 Å². The van der Waals surface area contributed by atoms with Crippen LogP contribution in [0.5, 0.6) is 0 Å². The summed E-state index contributed by atoms with van der Waals surface area (Å²) in [5.41, 5.74) is 3.08. The van der Waals surface area contributed by atoms with Gasteiger partial charge in [0.2, 0.25) is 0 Å². The fourth-order valence-corrected chi connectivity index (χ4v) is 2.95. The minimum atomic E-state index is -0.767. The molecule has 1 aromatic carbocycles. The molecule has 0 aliphatic heterocycles. The van der Waals surface area contributed by atoms with Crippen LogP contribution < -0.4 is 4.90 Å². The van der Waals surface area contributed by atoms with Gasteiger partial charge in [0, 0.05) is 36.6 Å². The van der Waals surface area contributed by atoms with E-state index in [2.05, 4.69) is 9.82 Å². The normalized spacial score (nSPS) is 10.4. The lowest BCUT2D eigenvalue weighted by Crippen LogP contribution is -2.07. The molecule has 0 aliphatic rings. The van der Waals surface area contributed by atoms with E-state index in [1.165, 1.54) is 0 Å². The second-order valence-corrected chi connectivity index (χ2v) is 5.86. The number of thiazole rings is 1. The van der Waals surface area contributed by atoms with E-state index in [4.69, 9.17) is 0 Å². The maximum absolute atomic E-state index is 10.2. The van der Waals surface area contributed by atoms with Gasteiger partial charge < -0.3 is 9.74 Å². The molecule has 1 heterocycles. The first kappa shape index (κ1) is 15.2. The summed E-state index contributed by atoms with van der Waals surface area (Å²) in [7, 11) is 3.99. The molecule has 0 aliphatic carbocycles. The van der Waals surface area contributed by atoms with E-state index < -0.39 is 5.09 Å². The van der Waals surface area contributed by atoms with Gasteiger partial charge in [-0.3, -0.25) is 0 Å². The van der Waals surface area contributed by atoms with E-state index in [0.717, 1.165) is 26.8 Å². The molecule has 2 aromatic rings. The maximum atomic E-state index is 10.2. The van der Waals surface area contributed by atoms with Crippen molar-refractivity contribution in [3.8, 4) is 10.6 Å². The summed E-state index contributed by atoms with van der Waals surface area (Å²) in [5.74, 6) is 0. The highest BCUT2D eigenvalue weighted by atomic mass is 32.1. The van der Waals surface area contributed by atoms with E-state index in [-0.39, 0.29) is 6.61 Å². The minimum absolute atomic E-state index is 0.0645.